The first kappa shape index (κ1) is 16.7. The monoisotopic (exact) mass is 354 g/mol. The number of H-pyrrole nitrogens is 1. The summed E-state index contributed by atoms with van der Waals surface area (Å²) in [6.07, 6.45) is 1.66. The molecule has 1 amide bonds. The molecule has 0 saturated carbocycles. The van der Waals surface area contributed by atoms with E-state index in [1.165, 1.54) is 0 Å². The van der Waals surface area contributed by atoms with E-state index in [1.54, 1.807) is 6.20 Å². The number of hydrogen-bond acceptors (Lipinski definition) is 6. The van der Waals surface area contributed by atoms with Gasteiger partial charge in [-0.2, -0.15) is 0 Å². The van der Waals surface area contributed by atoms with Crippen molar-refractivity contribution in [3.8, 4) is 11.3 Å². The lowest BCUT2D eigenvalue weighted by Gasteiger charge is -2.15. The minimum atomic E-state index is -0.273. The molecular weight excluding hydrogens is 332 g/mol. The fourth-order valence-electron chi connectivity index (χ4n) is 3.38. The zero-order chi connectivity index (χ0) is 18.4. The molecule has 3 aromatic rings. The van der Waals surface area contributed by atoms with E-state index < -0.39 is 0 Å². The van der Waals surface area contributed by atoms with Gasteiger partial charge in [0.2, 0.25) is 5.91 Å². The first-order valence-corrected chi connectivity index (χ1v) is 8.68. The van der Waals surface area contributed by atoms with Crippen molar-refractivity contribution in [3.63, 3.8) is 0 Å². The van der Waals surface area contributed by atoms with Crippen LogP contribution in [0.15, 0.2) is 22.9 Å². The number of carbonyl (C=O) groups is 1. The molecule has 3 aromatic heterocycles. The van der Waals surface area contributed by atoms with Gasteiger partial charge in [0.15, 0.2) is 0 Å². The largest absolute Gasteiger partial charge is 0.361 e. The third kappa shape index (κ3) is 2.77. The van der Waals surface area contributed by atoms with Crippen LogP contribution < -0.4 is 16.2 Å². The summed E-state index contributed by atoms with van der Waals surface area (Å²) >= 11 is 0. The molecule has 1 aliphatic heterocycles. The number of nitrogens with one attached hydrogen (secondary N) is 4. The predicted octanol–water partition coefficient (Wildman–Crippen LogP) is 2.27. The number of fused-ring (bicyclic) bond motifs is 1. The van der Waals surface area contributed by atoms with E-state index in [0.717, 1.165) is 33.7 Å². The zero-order valence-electron chi connectivity index (χ0n) is 15.2. The fraction of sp³-hybridized carbons (Fsp3) is 0.389. The number of hydrazine groups is 1. The Bertz CT molecular complexity index is 956. The third-order valence-corrected chi connectivity index (χ3v) is 5.10. The summed E-state index contributed by atoms with van der Waals surface area (Å²) in [6, 6.07) is 3.87. The van der Waals surface area contributed by atoms with Crippen molar-refractivity contribution in [2.75, 3.05) is 5.32 Å². The third-order valence-electron chi connectivity index (χ3n) is 5.10. The lowest BCUT2D eigenvalue weighted by Crippen LogP contribution is -2.41. The van der Waals surface area contributed by atoms with Gasteiger partial charge in [-0.05, 0) is 38.8 Å². The molecule has 0 radical (unpaired) electrons. The van der Waals surface area contributed by atoms with Crippen molar-refractivity contribution in [1.82, 2.24) is 26.0 Å². The van der Waals surface area contributed by atoms with Gasteiger partial charge in [-0.1, -0.05) is 12.1 Å². The highest BCUT2D eigenvalue weighted by atomic mass is 16.5. The van der Waals surface area contributed by atoms with Crippen molar-refractivity contribution in [2.45, 2.75) is 39.8 Å². The number of nitrogens with zero attached hydrogens (tertiary/aromatic N) is 2. The molecule has 0 spiro atoms. The van der Waals surface area contributed by atoms with Crippen molar-refractivity contribution < 1.29 is 9.32 Å². The number of carbonyl (C=O) groups excluding carboxylic acids is 1. The van der Waals surface area contributed by atoms with Gasteiger partial charge >= 0.3 is 0 Å². The quantitative estimate of drug-likeness (QED) is 0.575. The van der Waals surface area contributed by atoms with Gasteiger partial charge in [-0.3, -0.25) is 10.2 Å². The predicted molar refractivity (Wildman–Crippen MR) is 98.4 cm³/mol. The molecular formula is C18H22N6O2. The molecule has 0 aromatic carbocycles. The standard InChI is InChI=1S/C18H22N6O2/c1-8-9(2)22-23-16(8)18(25)20-13-5-12-6-14(21-17(12)19-7-13)15-10(3)24-26-11(15)4/h5-9,16,22-23H,1-4H3,(H,19,21)(H,20,25). The topological polar surface area (TPSA) is 108 Å². The highest BCUT2D eigenvalue weighted by Crippen LogP contribution is 2.29. The first-order chi connectivity index (χ1) is 12.4. The first-order valence-electron chi connectivity index (χ1n) is 8.68. The van der Waals surface area contributed by atoms with Crippen molar-refractivity contribution in [3.05, 3.63) is 29.8 Å². The molecule has 3 unspecified atom stereocenters. The fourth-order valence-corrected chi connectivity index (χ4v) is 3.38. The van der Waals surface area contributed by atoms with E-state index in [1.807, 2.05) is 32.9 Å². The molecule has 8 nitrogen and oxygen atoms in total. The van der Waals surface area contributed by atoms with Crippen LogP contribution >= 0.6 is 0 Å². The zero-order valence-corrected chi connectivity index (χ0v) is 15.2. The number of rotatable bonds is 3. The minimum Gasteiger partial charge on any atom is -0.361 e. The Morgan fingerprint density at radius 2 is 2.04 bits per heavy atom. The van der Waals surface area contributed by atoms with Crippen LogP contribution in [0.4, 0.5) is 5.69 Å². The van der Waals surface area contributed by atoms with Crippen LogP contribution in [0.2, 0.25) is 0 Å². The number of aromatic amines is 1. The summed E-state index contributed by atoms with van der Waals surface area (Å²) in [5, 5.41) is 7.85. The molecule has 26 heavy (non-hydrogen) atoms. The molecule has 4 N–H and O–H groups in total. The van der Waals surface area contributed by atoms with E-state index in [-0.39, 0.29) is 23.9 Å². The molecule has 8 heteroatoms. The molecule has 0 bridgehead atoms. The number of pyridine rings is 1. The van der Waals surface area contributed by atoms with Gasteiger partial charge in [0.1, 0.15) is 17.4 Å². The summed E-state index contributed by atoms with van der Waals surface area (Å²) < 4.78 is 5.24. The van der Waals surface area contributed by atoms with Crippen LogP contribution in [-0.2, 0) is 4.79 Å². The van der Waals surface area contributed by atoms with Crippen molar-refractivity contribution in [1.29, 1.82) is 0 Å². The van der Waals surface area contributed by atoms with Gasteiger partial charge in [0.05, 0.1) is 28.8 Å². The lowest BCUT2D eigenvalue weighted by molar-refractivity contribution is -0.118. The molecule has 3 atom stereocenters. The van der Waals surface area contributed by atoms with Gasteiger partial charge in [-0.25, -0.2) is 10.4 Å². The number of aryl methyl sites for hydroxylation is 2. The Morgan fingerprint density at radius 1 is 1.23 bits per heavy atom. The smallest absolute Gasteiger partial charge is 0.243 e. The van der Waals surface area contributed by atoms with Crippen molar-refractivity contribution >= 4 is 22.6 Å². The molecule has 4 rings (SSSR count). The second-order valence-electron chi connectivity index (χ2n) is 6.95. The number of aromatic nitrogens is 3. The SMILES string of the molecule is Cc1noc(C)c1-c1cc2cc(NC(=O)C3NNC(C)C3C)cnc2[nH]1. The van der Waals surface area contributed by atoms with Crippen molar-refractivity contribution in [2.24, 2.45) is 5.92 Å². The summed E-state index contributed by atoms with van der Waals surface area (Å²) in [5.41, 5.74) is 10.2. The van der Waals surface area contributed by atoms with E-state index in [9.17, 15) is 4.79 Å². The summed E-state index contributed by atoms with van der Waals surface area (Å²) in [5.74, 6) is 0.882. The Hall–Kier alpha value is -2.71. The lowest BCUT2D eigenvalue weighted by atomic mass is 9.97. The molecule has 136 valence electrons. The average molecular weight is 354 g/mol. The van der Waals surface area contributed by atoms with Crippen LogP contribution in [0, 0.1) is 19.8 Å². The maximum atomic E-state index is 12.5. The Labute approximate surface area is 150 Å². The van der Waals surface area contributed by atoms with E-state index >= 15 is 0 Å². The Kier molecular flexibility index (Phi) is 4.01. The Morgan fingerprint density at radius 3 is 2.69 bits per heavy atom. The van der Waals surface area contributed by atoms with Crippen LogP contribution in [0.25, 0.3) is 22.3 Å². The molecule has 1 aliphatic rings. The molecule has 1 saturated heterocycles. The normalized spacial score (nSPS) is 22.8. The van der Waals surface area contributed by atoms with Crippen LogP contribution in [0.5, 0.6) is 0 Å². The molecule has 4 heterocycles. The average Bonchev–Trinajstić information content (AvgIpc) is 3.26. The number of anilines is 1. The maximum absolute atomic E-state index is 12.5. The summed E-state index contributed by atoms with van der Waals surface area (Å²) in [7, 11) is 0. The maximum Gasteiger partial charge on any atom is 0.243 e. The minimum absolute atomic E-state index is 0.0722. The molecule has 1 fully saturated rings. The second-order valence-corrected chi connectivity index (χ2v) is 6.95. The summed E-state index contributed by atoms with van der Waals surface area (Å²) in [4.78, 5) is 20.2. The second kappa shape index (κ2) is 6.22. The van der Waals surface area contributed by atoms with E-state index in [4.69, 9.17) is 4.52 Å². The van der Waals surface area contributed by atoms with Crippen LogP contribution in [0.1, 0.15) is 25.3 Å². The Balaban J connectivity index is 1.59. The van der Waals surface area contributed by atoms with Gasteiger partial charge < -0.3 is 14.8 Å². The number of hydrogen-bond donors (Lipinski definition) is 4. The highest BCUT2D eigenvalue weighted by Gasteiger charge is 2.34. The van der Waals surface area contributed by atoms with E-state index in [0.29, 0.717) is 5.69 Å². The van der Waals surface area contributed by atoms with Gasteiger partial charge in [-0.15, -0.1) is 0 Å². The summed E-state index contributed by atoms with van der Waals surface area (Å²) in [6.45, 7) is 7.88. The number of amides is 1. The van der Waals surface area contributed by atoms with Crippen LogP contribution in [-0.4, -0.2) is 33.1 Å². The van der Waals surface area contributed by atoms with E-state index in [2.05, 4.69) is 38.2 Å². The van der Waals surface area contributed by atoms with Gasteiger partial charge in [0, 0.05) is 11.4 Å². The molecule has 0 aliphatic carbocycles. The highest BCUT2D eigenvalue weighted by molar-refractivity contribution is 5.97. The van der Waals surface area contributed by atoms with Gasteiger partial charge in [0.25, 0.3) is 0 Å². The van der Waals surface area contributed by atoms with Crippen LogP contribution in [0.3, 0.4) is 0 Å².